The van der Waals surface area contributed by atoms with Crippen LogP contribution in [0.5, 0.6) is 0 Å². The van der Waals surface area contributed by atoms with E-state index < -0.39 is 0 Å². The first-order valence-corrected chi connectivity index (χ1v) is 3.19. The van der Waals surface area contributed by atoms with E-state index in [9.17, 15) is 0 Å². The average molecular weight is 167 g/mol. The van der Waals surface area contributed by atoms with Gasteiger partial charge in [0, 0.05) is 0 Å². The standard InChI is InChI=1S/C5H13BrN/c1-5(2)7(3,4)6/h5H,1-4H3/q+1. The lowest BCUT2D eigenvalue weighted by Gasteiger charge is -2.23. The molecule has 0 heterocycles. The second-order valence-corrected chi connectivity index (χ2v) is 4.32. The van der Waals surface area contributed by atoms with E-state index >= 15 is 0 Å². The van der Waals surface area contributed by atoms with E-state index in [1.54, 1.807) is 0 Å². The Morgan fingerprint density at radius 2 is 1.43 bits per heavy atom. The maximum Gasteiger partial charge on any atom is 0.227 e. The van der Waals surface area contributed by atoms with E-state index in [4.69, 9.17) is 0 Å². The largest absolute Gasteiger partial charge is 0.259 e. The van der Waals surface area contributed by atoms with Crippen LogP contribution in [0.2, 0.25) is 0 Å². The van der Waals surface area contributed by atoms with Crippen LogP contribution in [-0.2, 0) is 0 Å². The molecule has 0 N–H and O–H groups in total. The highest BCUT2D eigenvalue weighted by atomic mass is 79.9. The van der Waals surface area contributed by atoms with Gasteiger partial charge in [-0.1, -0.05) is 0 Å². The lowest BCUT2D eigenvalue weighted by molar-refractivity contribution is -0.759. The van der Waals surface area contributed by atoms with Gasteiger partial charge < -0.3 is 0 Å². The summed E-state index contributed by atoms with van der Waals surface area (Å²) in [5.41, 5.74) is 0. The van der Waals surface area contributed by atoms with Gasteiger partial charge in [0.15, 0.2) is 0 Å². The summed E-state index contributed by atoms with van der Waals surface area (Å²) in [6.45, 7) is 4.35. The van der Waals surface area contributed by atoms with E-state index in [2.05, 4.69) is 44.1 Å². The molecule has 7 heavy (non-hydrogen) atoms. The first kappa shape index (κ1) is 7.44. The van der Waals surface area contributed by atoms with Crippen molar-refractivity contribution in [1.29, 1.82) is 0 Å². The molecule has 2 heteroatoms. The summed E-state index contributed by atoms with van der Waals surface area (Å²) < 4.78 is 0.868. The first-order chi connectivity index (χ1) is 2.94. The molecule has 44 valence electrons. The highest BCUT2D eigenvalue weighted by molar-refractivity contribution is 9.05. The van der Waals surface area contributed by atoms with Crippen molar-refractivity contribution in [1.82, 2.24) is 0 Å². The van der Waals surface area contributed by atoms with Crippen molar-refractivity contribution in [2.24, 2.45) is 0 Å². The molecule has 1 nitrogen and oxygen atoms in total. The Labute approximate surface area is 54.2 Å². The fourth-order valence-corrected chi connectivity index (χ4v) is 0. The number of hydrogen-bond acceptors (Lipinski definition) is 0. The molecule has 0 bridgehead atoms. The molecule has 0 aliphatic carbocycles. The molecular weight excluding hydrogens is 154 g/mol. The van der Waals surface area contributed by atoms with E-state index in [0.29, 0.717) is 6.04 Å². The zero-order valence-electron chi connectivity index (χ0n) is 5.40. The van der Waals surface area contributed by atoms with Crippen molar-refractivity contribution < 1.29 is 3.51 Å². The van der Waals surface area contributed by atoms with Gasteiger partial charge in [-0.05, 0) is 13.8 Å². The Bertz CT molecular complexity index is 53.6. The number of halogens is 1. The minimum Gasteiger partial charge on any atom is -0.259 e. The third-order valence-electron chi connectivity index (χ3n) is 1.23. The van der Waals surface area contributed by atoms with Gasteiger partial charge in [0.05, 0.1) is 20.1 Å². The van der Waals surface area contributed by atoms with Crippen LogP contribution in [0.15, 0.2) is 0 Å². The van der Waals surface area contributed by atoms with Crippen LogP contribution < -0.4 is 0 Å². The maximum atomic E-state index is 3.48. The first-order valence-electron chi connectivity index (χ1n) is 2.48. The monoisotopic (exact) mass is 166 g/mol. The van der Waals surface area contributed by atoms with Gasteiger partial charge in [-0.3, -0.25) is 3.51 Å². The SMILES string of the molecule is CC(C)[N+](C)(C)Br. The fourth-order valence-electron chi connectivity index (χ4n) is 0. The molecule has 0 spiro atoms. The molecular formula is C5H13BrN+. The van der Waals surface area contributed by atoms with Crippen LogP contribution in [0.3, 0.4) is 0 Å². The summed E-state index contributed by atoms with van der Waals surface area (Å²) in [4.78, 5) is 0. The Kier molecular flexibility index (Phi) is 2.27. The van der Waals surface area contributed by atoms with Crippen molar-refractivity contribution in [2.75, 3.05) is 14.1 Å². The van der Waals surface area contributed by atoms with Crippen LogP contribution in [-0.4, -0.2) is 23.6 Å². The van der Waals surface area contributed by atoms with Crippen molar-refractivity contribution in [3.8, 4) is 0 Å². The normalized spacial score (nSPS) is 12.9. The zero-order valence-corrected chi connectivity index (χ0v) is 6.99. The Balaban J connectivity index is 3.54. The third-order valence-corrected chi connectivity index (χ3v) is 2.05. The van der Waals surface area contributed by atoms with Gasteiger partial charge in [0.25, 0.3) is 0 Å². The molecule has 0 aromatic heterocycles. The average Bonchev–Trinajstić information content (AvgIpc) is 1.31. The predicted molar refractivity (Wildman–Crippen MR) is 36.2 cm³/mol. The van der Waals surface area contributed by atoms with E-state index in [1.165, 1.54) is 0 Å². The van der Waals surface area contributed by atoms with E-state index in [0.717, 1.165) is 3.51 Å². The summed E-state index contributed by atoms with van der Waals surface area (Å²) in [5.74, 6) is 0. The lowest BCUT2D eigenvalue weighted by Crippen LogP contribution is -2.34. The van der Waals surface area contributed by atoms with E-state index in [-0.39, 0.29) is 0 Å². The van der Waals surface area contributed by atoms with Crippen molar-refractivity contribution in [3.05, 3.63) is 0 Å². The molecule has 0 fully saturated rings. The number of nitrogens with zero attached hydrogens (tertiary/aromatic N) is 1. The molecule has 0 radical (unpaired) electrons. The van der Waals surface area contributed by atoms with Crippen LogP contribution in [0.4, 0.5) is 0 Å². The molecule has 0 aliphatic heterocycles. The molecule has 0 aliphatic rings. The smallest absolute Gasteiger partial charge is 0.227 e. The summed E-state index contributed by atoms with van der Waals surface area (Å²) in [5, 5.41) is 0. The topological polar surface area (TPSA) is 0 Å². The van der Waals surface area contributed by atoms with Gasteiger partial charge in [0.2, 0.25) is 16.1 Å². The van der Waals surface area contributed by atoms with Crippen molar-refractivity contribution >= 4 is 16.1 Å². The Hall–Kier alpha value is 0.440. The highest BCUT2D eigenvalue weighted by Gasteiger charge is 2.14. The van der Waals surface area contributed by atoms with Gasteiger partial charge in [-0.15, -0.1) is 0 Å². The molecule has 0 aromatic rings. The Morgan fingerprint density at radius 1 is 1.29 bits per heavy atom. The number of quaternary nitrogens is 1. The minimum atomic E-state index is 0.653. The predicted octanol–water partition coefficient (Wildman–Crippen LogP) is 1.78. The summed E-state index contributed by atoms with van der Waals surface area (Å²) in [7, 11) is 4.23. The molecule has 0 saturated heterocycles. The fraction of sp³-hybridized carbons (Fsp3) is 1.00. The third kappa shape index (κ3) is 3.06. The molecule has 0 unspecified atom stereocenters. The van der Waals surface area contributed by atoms with E-state index in [1.807, 2.05) is 0 Å². The quantitative estimate of drug-likeness (QED) is 0.522. The van der Waals surface area contributed by atoms with Crippen molar-refractivity contribution in [3.63, 3.8) is 0 Å². The van der Waals surface area contributed by atoms with Crippen LogP contribution in [0.1, 0.15) is 13.8 Å². The number of hydrogen-bond donors (Lipinski definition) is 0. The van der Waals surface area contributed by atoms with Gasteiger partial charge >= 0.3 is 0 Å². The molecule has 0 amide bonds. The molecule has 0 saturated carbocycles. The molecule has 0 atom stereocenters. The van der Waals surface area contributed by atoms with Gasteiger partial charge in [0.1, 0.15) is 0 Å². The summed E-state index contributed by atoms with van der Waals surface area (Å²) in [6.07, 6.45) is 0. The van der Waals surface area contributed by atoms with Crippen molar-refractivity contribution in [2.45, 2.75) is 19.9 Å². The lowest BCUT2D eigenvalue weighted by atomic mass is 10.4. The van der Waals surface area contributed by atoms with Gasteiger partial charge in [-0.25, -0.2) is 0 Å². The van der Waals surface area contributed by atoms with Crippen LogP contribution in [0, 0.1) is 0 Å². The highest BCUT2D eigenvalue weighted by Crippen LogP contribution is 2.10. The second-order valence-electron chi connectivity index (χ2n) is 2.49. The zero-order chi connectivity index (χ0) is 6.08. The van der Waals surface area contributed by atoms with Crippen LogP contribution >= 0.6 is 16.1 Å². The Morgan fingerprint density at radius 3 is 1.43 bits per heavy atom. The van der Waals surface area contributed by atoms with Gasteiger partial charge in [-0.2, -0.15) is 0 Å². The van der Waals surface area contributed by atoms with Crippen LogP contribution in [0.25, 0.3) is 0 Å². The number of rotatable bonds is 1. The molecule has 0 rings (SSSR count). The summed E-state index contributed by atoms with van der Waals surface area (Å²) >= 11 is 3.48. The maximum absolute atomic E-state index is 3.48. The summed E-state index contributed by atoms with van der Waals surface area (Å²) in [6, 6.07) is 0.653. The minimum absolute atomic E-state index is 0.653. The second kappa shape index (κ2) is 2.14. The molecule has 0 aromatic carbocycles.